The lowest BCUT2D eigenvalue weighted by Crippen LogP contribution is -2.34. The van der Waals surface area contributed by atoms with Crippen LogP contribution >= 0.6 is 0 Å². The summed E-state index contributed by atoms with van der Waals surface area (Å²) in [6.07, 6.45) is 11.1. The minimum Gasteiger partial charge on any atom is -0.465 e. The Labute approximate surface area is 192 Å². The fraction of sp³-hybridized carbons (Fsp3) is 0.560. The molecule has 2 aliphatic carbocycles. The third kappa shape index (κ3) is 5.20. The molecule has 1 aromatic heterocycles. The highest BCUT2D eigenvalue weighted by Gasteiger charge is 2.24. The van der Waals surface area contributed by atoms with E-state index in [-0.39, 0.29) is 36.2 Å². The molecule has 2 fully saturated rings. The van der Waals surface area contributed by atoms with Crippen LogP contribution in [0, 0.1) is 5.82 Å². The maximum atomic E-state index is 15.1. The number of nitrogens with zero attached hydrogens (tertiary/aromatic N) is 1. The van der Waals surface area contributed by atoms with Gasteiger partial charge in [-0.05, 0) is 44.7 Å². The third-order valence-electron chi connectivity index (χ3n) is 6.75. The molecule has 0 atom stereocenters. The van der Waals surface area contributed by atoms with Gasteiger partial charge in [-0.25, -0.2) is 4.39 Å². The number of ether oxygens (including phenoxy) is 1. The number of anilines is 1. The van der Waals surface area contributed by atoms with Crippen LogP contribution < -0.4 is 16.1 Å². The molecule has 2 aliphatic rings. The topological polar surface area (TPSA) is 89.4 Å². The summed E-state index contributed by atoms with van der Waals surface area (Å²) in [6.45, 7) is 1.55. The van der Waals surface area contributed by atoms with Crippen LogP contribution in [0.2, 0.25) is 0 Å². The molecule has 2 aromatic rings. The van der Waals surface area contributed by atoms with E-state index in [1.165, 1.54) is 12.5 Å². The highest BCUT2D eigenvalue weighted by Crippen LogP contribution is 2.33. The normalized spacial score (nSPS) is 17.3. The maximum absolute atomic E-state index is 15.1. The van der Waals surface area contributed by atoms with Gasteiger partial charge in [0.2, 0.25) is 5.43 Å². The van der Waals surface area contributed by atoms with Crippen molar-refractivity contribution in [2.45, 2.75) is 76.8 Å². The fourth-order valence-electron chi connectivity index (χ4n) is 5.05. The molecule has 1 aromatic carbocycles. The van der Waals surface area contributed by atoms with Gasteiger partial charge in [0, 0.05) is 23.7 Å². The molecule has 0 spiro atoms. The lowest BCUT2D eigenvalue weighted by molar-refractivity contribution is -0.141. The lowest BCUT2D eigenvalue weighted by atomic mass is 9.95. The predicted octanol–water partition coefficient (Wildman–Crippen LogP) is 4.29. The van der Waals surface area contributed by atoms with Gasteiger partial charge in [-0.1, -0.05) is 32.1 Å². The van der Waals surface area contributed by atoms with E-state index < -0.39 is 23.1 Å². The summed E-state index contributed by atoms with van der Waals surface area (Å²) in [5.74, 6) is -1.73. The number of fused-ring (bicyclic) bond motifs is 1. The number of halogens is 1. The Morgan fingerprint density at radius 2 is 1.79 bits per heavy atom. The first-order valence-electron chi connectivity index (χ1n) is 12.1. The van der Waals surface area contributed by atoms with Crippen molar-refractivity contribution in [3.8, 4) is 0 Å². The number of hydrogen-bond donors (Lipinski definition) is 2. The number of aromatic nitrogens is 1. The molecule has 33 heavy (non-hydrogen) atoms. The lowest BCUT2D eigenvalue weighted by Gasteiger charge is -2.25. The number of esters is 1. The SMILES string of the molecule is CCOC(=O)CNC(=O)c1cn(C2CCCC2)c2cc(NC3CCCCC3)c(F)cc2c1=O. The zero-order chi connectivity index (χ0) is 23.4. The quantitative estimate of drug-likeness (QED) is 0.606. The second-order valence-corrected chi connectivity index (χ2v) is 9.03. The summed E-state index contributed by atoms with van der Waals surface area (Å²) in [5, 5.41) is 5.97. The first-order valence-corrected chi connectivity index (χ1v) is 12.1. The van der Waals surface area contributed by atoms with Crippen molar-refractivity contribution in [1.82, 2.24) is 9.88 Å². The zero-order valence-corrected chi connectivity index (χ0v) is 19.1. The highest BCUT2D eigenvalue weighted by molar-refractivity contribution is 5.99. The summed E-state index contributed by atoms with van der Waals surface area (Å²) in [5.41, 5.74) is 0.406. The molecule has 7 nitrogen and oxygen atoms in total. The van der Waals surface area contributed by atoms with E-state index >= 15 is 4.39 Å². The smallest absolute Gasteiger partial charge is 0.325 e. The number of rotatable bonds is 7. The van der Waals surface area contributed by atoms with Crippen molar-refractivity contribution in [3.63, 3.8) is 0 Å². The summed E-state index contributed by atoms with van der Waals surface area (Å²) >= 11 is 0. The Kier molecular flexibility index (Phi) is 7.30. The van der Waals surface area contributed by atoms with Crippen molar-refractivity contribution >= 4 is 28.5 Å². The Bertz CT molecular complexity index is 1090. The Morgan fingerprint density at radius 1 is 1.09 bits per heavy atom. The first-order chi connectivity index (χ1) is 16.0. The van der Waals surface area contributed by atoms with Gasteiger partial charge in [0.1, 0.15) is 17.9 Å². The average molecular weight is 458 g/mol. The largest absolute Gasteiger partial charge is 0.465 e. The number of carbonyl (C=O) groups excluding carboxylic acids is 2. The number of carbonyl (C=O) groups is 2. The maximum Gasteiger partial charge on any atom is 0.325 e. The number of pyridine rings is 1. The molecule has 0 radical (unpaired) electrons. The minimum absolute atomic E-state index is 0.0916. The molecule has 178 valence electrons. The van der Waals surface area contributed by atoms with E-state index in [1.54, 1.807) is 19.2 Å². The molecule has 2 N–H and O–H groups in total. The van der Waals surface area contributed by atoms with Gasteiger partial charge in [-0.3, -0.25) is 14.4 Å². The van der Waals surface area contributed by atoms with Crippen LogP contribution in [0.4, 0.5) is 10.1 Å². The predicted molar refractivity (Wildman–Crippen MR) is 125 cm³/mol. The van der Waals surface area contributed by atoms with Gasteiger partial charge in [-0.2, -0.15) is 0 Å². The molecule has 0 unspecified atom stereocenters. The van der Waals surface area contributed by atoms with E-state index in [1.807, 2.05) is 4.57 Å². The standard InChI is InChI=1S/C25H32FN3O4/c1-2-33-23(30)14-27-25(32)19-15-29(17-10-6-7-11-17)22-13-21(20(26)12-18(22)24(19)31)28-16-8-4-3-5-9-16/h12-13,15-17,28H,2-11,14H2,1H3,(H,27,32). The third-order valence-corrected chi connectivity index (χ3v) is 6.75. The average Bonchev–Trinajstić information content (AvgIpc) is 3.34. The van der Waals surface area contributed by atoms with Crippen LogP contribution in [0.1, 0.15) is 81.1 Å². The molecule has 1 amide bonds. The van der Waals surface area contributed by atoms with Gasteiger partial charge < -0.3 is 19.9 Å². The molecule has 0 saturated heterocycles. The summed E-state index contributed by atoms with van der Waals surface area (Å²) < 4.78 is 21.8. The summed E-state index contributed by atoms with van der Waals surface area (Å²) in [6, 6.07) is 3.33. The molecule has 0 aliphatic heterocycles. The van der Waals surface area contributed by atoms with Crippen molar-refractivity contribution in [2.75, 3.05) is 18.5 Å². The zero-order valence-electron chi connectivity index (χ0n) is 19.1. The summed E-state index contributed by atoms with van der Waals surface area (Å²) in [4.78, 5) is 37.6. The highest BCUT2D eigenvalue weighted by atomic mass is 19.1. The van der Waals surface area contributed by atoms with Crippen LogP contribution in [0.25, 0.3) is 10.9 Å². The van der Waals surface area contributed by atoms with Crippen LogP contribution in [-0.4, -0.2) is 35.6 Å². The number of nitrogens with one attached hydrogen (secondary N) is 2. The molecular formula is C25H32FN3O4. The molecular weight excluding hydrogens is 425 g/mol. The van der Waals surface area contributed by atoms with E-state index in [4.69, 9.17) is 4.74 Å². The Hall–Kier alpha value is -2.90. The van der Waals surface area contributed by atoms with Crippen molar-refractivity contribution in [1.29, 1.82) is 0 Å². The van der Waals surface area contributed by atoms with Gasteiger partial charge in [0.15, 0.2) is 0 Å². The van der Waals surface area contributed by atoms with Crippen LogP contribution in [0.15, 0.2) is 23.1 Å². The van der Waals surface area contributed by atoms with Crippen LogP contribution in [-0.2, 0) is 9.53 Å². The second-order valence-electron chi connectivity index (χ2n) is 9.03. The second kappa shape index (κ2) is 10.4. The van der Waals surface area contributed by atoms with E-state index in [2.05, 4.69) is 10.6 Å². The van der Waals surface area contributed by atoms with Crippen molar-refractivity contribution in [3.05, 3.63) is 39.9 Å². The first kappa shape index (κ1) is 23.3. The van der Waals surface area contributed by atoms with Crippen LogP contribution in [0.5, 0.6) is 0 Å². The minimum atomic E-state index is -0.661. The van der Waals surface area contributed by atoms with Gasteiger partial charge in [0.05, 0.1) is 17.8 Å². The van der Waals surface area contributed by atoms with E-state index in [0.717, 1.165) is 51.4 Å². The molecule has 4 rings (SSSR count). The number of hydrogen-bond acceptors (Lipinski definition) is 5. The molecule has 1 heterocycles. The van der Waals surface area contributed by atoms with Crippen LogP contribution in [0.3, 0.4) is 0 Å². The Morgan fingerprint density at radius 3 is 2.48 bits per heavy atom. The van der Waals surface area contributed by atoms with Gasteiger partial charge in [0.25, 0.3) is 5.91 Å². The number of benzene rings is 1. The summed E-state index contributed by atoms with van der Waals surface area (Å²) in [7, 11) is 0. The molecule has 8 heteroatoms. The fourth-order valence-corrected chi connectivity index (χ4v) is 5.05. The Balaban J connectivity index is 1.72. The van der Waals surface area contributed by atoms with Gasteiger partial charge >= 0.3 is 5.97 Å². The van der Waals surface area contributed by atoms with Crippen molar-refractivity contribution in [2.24, 2.45) is 0 Å². The monoisotopic (exact) mass is 457 g/mol. The number of amides is 1. The molecule has 2 saturated carbocycles. The van der Waals surface area contributed by atoms with E-state index in [0.29, 0.717) is 11.2 Å². The molecule has 0 bridgehead atoms. The van der Waals surface area contributed by atoms with E-state index in [9.17, 15) is 14.4 Å². The van der Waals surface area contributed by atoms with Gasteiger partial charge in [-0.15, -0.1) is 0 Å². The van der Waals surface area contributed by atoms with Crippen molar-refractivity contribution < 1.29 is 18.7 Å².